The summed E-state index contributed by atoms with van der Waals surface area (Å²) in [6, 6.07) is 4.75. The van der Waals surface area contributed by atoms with Gasteiger partial charge >= 0.3 is 0 Å². The molecule has 0 heterocycles. The van der Waals surface area contributed by atoms with E-state index in [9.17, 15) is 0 Å². The van der Waals surface area contributed by atoms with Gasteiger partial charge in [0, 0.05) is 6.04 Å². The molecular weight excluding hydrogens is 212 g/mol. The first-order valence-electron chi connectivity index (χ1n) is 6.43. The first-order chi connectivity index (χ1) is 8.26. The zero-order valence-electron chi connectivity index (χ0n) is 10.8. The van der Waals surface area contributed by atoms with Gasteiger partial charge in [0.25, 0.3) is 0 Å². The maximum absolute atomic E-state index is 6.11. The van der Waals surface area contributed by atoms with Crippen LogP contribution in [-0.2, 0) is 12.8 Å². The van der Waals surface area contributed by atoms with Crippen LogP contribution in [0, 0.1) is 0 Å². The lowest BCUT2D eigenvalue weighted by molar-refractivity contribution is 0.414. The fraction of sp³-hybridized carbons (Fsp3) is 0.571. The van der Waals surface area contributed by atoms with Gasteiger partial charge in [0.1, 0.15) is 5.75 Å². The van der Waals surface area contributed by atoms with Crippen LogP contribution < -0.4 is 15.8 Å². The van der Waals surface area contributed by atoms with Gasteiger partial charge in [-0.3, -0.25) is 0 Å². The molecule has 3 heteroatoms. The highest BCUT2D eigenvalue weighted by molar-refractivity contribution is 5.62. The van der Waals surface area contributed by atoms with Crippen molar-refractivity contribution >= 4 is 5.69 Å². The number of benzene rings is 1. The summed E-state index contributed by atoms with van der Waals surface area (Å²) in [6.45, 7) is 3.30. The predicted octanol–water partition coefficient (Wildman–Crippen LogP) is 2.13. The number of nitrogen functional groups attached to an aromatic ring is 1. The lowest BCUT2D eigenvalue weighted by Crippen LogP contribution is -2.35. The Morgan fingerprint density at radius 2 is 2.29 bits per heavy atom. The Kier molecular flexibility index (Phi) is 3.89. The van der Waals surface area contributed by atoms with Crippen LogP contribution in [0.4, 0.5) is 5.69 Å². The number of nitrogens with one attached hydrogen (secondary N) is 1. The van der Waals surface area contributed by atoms with E-state index in [2.05, 4.69) is 18.3 Å². The minimum Gasteiger partial charge on any atom is -0.495 e. The molecule has 2 rings (SSSR count). The molecule has 1 aromatic carbocycles. The SMILES string of the molecule is CCCNC1CCc2c(ccc(OC)c2N)C1. The molecule has 0 amide bonds. The molecule has 0 radical (unpaired) electrons. The number of nitrogens with two attached hydrogens (primary N) is 1. The number of fused-ring (bicyclic) bond motifs is 1. The molecule has 0 spiro atoms. The molecule has 3 nitrogen and oxygen atoms in total. The third-order valence-electron chi connectivity index (χ3n) is 3.53. The Morgan fingerprint density at radius 3 is 3.00 bits per heavy atom. The third kappa shape index (κ3) is 2.55. The summed E-state index contributed by atoms with van der Waals surface area (Å²) >= 11 is 0. The van der Waals surface area contributed by atoms with Crippen molar-refractivity contribution in [2.45, 2.75) is 38.6 Å². The molecule has 0 fully saturated rings. The van der Waals surface area contributed by atoms with Crippen LogP contribution >= 0.6 is 0 Å². The molecule has 0 aliphatic heterocycles. The number of hydrogen-bond donors (Lipinski definition) is 2. The normalized spacial score (nSPS) is 18.8. The summed E-state index contributed by atoms with van der Waals surface area (Å²) in [4.78, 5) is 0. The second-order valence-electron chi connectivity index (χ2n) is 4.71. The lowest BCUT2D eigenvalue weighted by Gasteiger charge is -2.27. The Balaban J connectivity index is 2.14. The molecule has 0 bridgehead atoms. The Labute approximate surface area is 103 Å². The highest BCUT2D eigenvalue weighted by Gasteiger charge is 2.21. The Hall–Kier alpha value is -1.22. The highest BCUT2D eigenvalue weighted by Crippen LogP contribution is 2.33. The van der Waals surface area contributed by atoms with Crippen molar-refractivity contribution in [1.82, 2.24) is 5.32 Å². The first-order valence-corrected chi connectivity index (χ1v) is 6.43. The third-order valence-corrected chi connectivity index (χ3v) is 3.53. The van der Waals surface area contributed by atoms with E-state index in [1.165, 1.54) is 24.0 Å². The summed E-state index contributed by atoms with van der Waals surface area (Å²) in [6.07, 6.45) is 4.50. The molecule has 1 atom stereocenters. The number of methoxy groups -OCH3 is 1. The van der Waals surface area contributed by atoms with Gasteiger partial charge in [-0.2, -0.15) is 0 Å². The largest absolute Gasteiger partial charge is 0.495 e. The second-order valence-corrected chi connectivity index (χ2v) is 4.71. The van der Waals surface area contributed by atoms with E-state index in [0.29, 0.717) is 6.04 Å². The molecule has 1 aliphatic carbocycles. The van der Waals surface area contributed by atoms with Gasteiger partial charge in [0.05, 0.1) is 12.8 Å². The van der Waals surface area contributed by atoms with Gasteiger partial charge in [-0.1, -0.05) is 13.0 Å². The summed E-state index contributed by atoms with van der Waals surface area (Å²) in [5, 5.41) is 3.59. The fourth-order valence-electron chi connectivity index (χ4n) is 2.56. The van der Waals surface area contributed by atoms with Crippen molar-refractivity contribution in [1.29, 1.82) is 0 Å². The van der Waals surface area contributed by atoms with Gasteiger partial charge in [-0.05, 0) is 49.4 Å². The summed E-state index contributed by atoms with van der Waals surface area (Å²) in [5.74, 6) is 0.809. The number of anilines is 1. The Bertz CT molecular complexity index is 390. The molecule has 0 aromatic heterocycles. The number of hydrogen-bond acceptors (Lipinski definition) is 3. The molecule has 94 valence electrons. The molecule has 0 saturated heterocycles. The molecule has 1 unspecified atom stereocenters. The minimum atomic E-state index is 0.607. The van der Waals surface area contributed by atoms with Crippen molar-refractivity contribution < 1.29 is 4.74 Å². The van der Waals surface area contributed by atoms with Crippen molar-refractivity contribution in [2.75, 3.05) is 19.4 Å². The first kappa shape index (κ1) is 12.2. The maximum Gasteiger partial charge on any atom is 0.142 e. The predicted molar refractivity (Wildman–Crippen MR) is 71.5 cm³/mol. The summed E-state index contributed by atoms with van der Waals surface area (Å²) in [5.41, 5.74) is 9.62. The van der Waals surface area contributed by atoms with Gasteiger partial charge in [0.15, 0.2) is 0 Å². The zero-order chi connectivity index (χ0) is 12.3. The van der Waals surface area contributed by atoms with Crippen molar-refractivity contribution in [3.05, 3.63) is 23.3 Å². The molecule has 0 saturated carbocycles. The highest BCUT2D eigenvalue weighted by atomic mass is 16.5. The summed E-state index contributed by atoms with van der Waals surface area (Å²) in [7, 11) is 1.67. The molecule has 17 heavy (non-hydrogen) atoms. The molecular formula is C14H22N2O. The minimum absolute atomic E-state index is 0.607. The van der Waals surface area contributed by atoms with Gasteiger partial charge < -0.3 is 15.8 Å². The van der Waals surface area contributed by atoms with Crippen LogP contribution in [0.1, 0.15) is 30.9 Å². The van der Waals surface area contributed by atoms with Crippen LogP contribution in [0.3, 0.4) is 0 Å². The monoisotopic (exact) mass is 234 g/mol. The van der Waals surface area contributed by atoms with Crippen LogP contribution in [-0.4, -0.2) is 19.7 Å². The average molecular weight is 234 g/mol. The van der Waals surface area contributed by atoms with Crippen molar-refractivity contribution in [3.63, 3.8) is 0 Å². The number of rotatable bonds is 4. The molecule has 3 N–H and O–H groups in total. The lowest BCUT2D eigenvalue weighted by atomic mass is 9.87. The summed E-state index contributed by atoms with van der Waals surface area (Å²) < 4.78 is 5.26. The smallest absolute Gasteiger partial charge is 0.142 e. The van der Waals surface area contributed by atoms with E-state index in [0.717, 1.165) is 30.8 Å². The quantitative estimate of drug-likeness (QED) is 0.785. The van der Waals surface area contributed by atoms with E-state index in [1.54, 1.807) is 7.11 Å². The second kappa shape index (κ2) is 5.41. The van der Waals surface area contributed by atoms with E-state index >= 15 is 0 Å². The van der Waals surface area contributed by atoms with E-state index in [4.69, 9.17) is 10.5 Å². The Morgan fingerprint density at radius 1 is 1.47 bits per heavy atom. The van der Waals surface area contributed by atoms with Gasteiger partial charge in [0.2, 0.25) is 0 Å². The molecule has 1 aliphatic rings. The van der Waals surface area contributed by atoms with Crippen LogP contribution in [0.15, 0.2) is 12.1 Å². The van der Waals surface area contributed by atoms with E-state index in [-0.39, 0.29) is 0 Å². The maximum atomic E-state index is 6.11. The zero-order valence-corrected chi connectivity index (χ0v) is 10.8. The van der Waals surface area contributed by atoms with E-state index < -0.39 is 0 Å². The van der Waals surface area contributed by atoms with Crippen molar-refractivity contribution in [2.24, 2.45) is 0 Å². The average Bonchev–Trinajstić information content (AvgIpc) is 2.37. The van der Waals surface area contributed by atoms with Gasteiger partial charge in [-0.25, -0.2) is 0 Å². The van der Waals surface area contributed by atoms with Crippen LogP contribution in [0.2, 0.25) is 0 Å². The van der Waals surface area contributed by atoms with Crippen molar-refractivity contribution in [3.8, 4) is 5.75 Å². The number of ether oxygens (including phenoxy) is 1. The van der Waals surface area contributed by atoms with Crippen LogP contribution in [0.25, 0.3) is 0 Å². The topological polar surface area (TPSA) is 47.3 Å². The standard InChI is InChI=1S/C14H22N2O/c1-3-8-16-11-5-6-12-10(9-11)4-7-13(17-2)14(12)15/h4,7,11,16H,3,5-6,8-9,15H2,1-2H3. The van der Waals surface area contributed by atoms with Gasteiger partial charge in [-0.15, -0.1) is 0 Å². The molecule has 1 aromatic rings. The van der Waals surface area contributed by atoms with Crippen LogP contribution in [0.5, 0.6) is 5.75 Å². The van der Waals surface area contributed by atoms with E-state index in [1.807, 2.05) is 6.07 Å². The fourth-order valence-corrected chi connectivity index (χ4v) is 2.56.